The van der Waals surface area contributed by atoms with Crippen LogP contribution >= 0.6 is 0 Å². The third-order valence-corrected chi connectivity index (χ3v) is 8.36. The Hall–Kier alpha value is -3.59. The number of nitrogen functional groups attached to an aromatic ring is 1. The maximum atomic E-state index is 16.5. The van der Waals surface area contributed by atoms with E-state index in [2.05, 4.69) is 35.5 Å². The zero-order valence-corrected chi connectivity index (χ0v) is 23.8. The second-order valence-electron chi connectivity index (χ2n) is 11.5. The fourth-order valence-electron chi connectivity index (χ4n) is 6.41. The van der Waals surface area contributed by atoms with Gasteiger partial charge in [-0.3, -0.25) is 4.90 Å². The van der Waals surface area contributed by atoms with Gasteiger partial charge in [0.25, 0.3) is 0 Å². The highest BCUT2D eigenvalue weighted by Crippen LogP contribution is 2.44. The molecule has 0 unspecified atom stereocenters. The van der Waals surface area contributed by atoms with Gasteiger partial charge >= 0.3 is 12.2 Å². The first kappa shape index (κ1) is 29.5. The smallest absolute Gasteiger partial charge is 0.418 e. The molecule has 3 aromatic rings. The summed E-state index contributed by atoms with van der Waals surface area (Å²) < 4.78 is 85.7. The number of halogens is 5. The number of alkyl halides is 4. The zero-order chi connectivity index (χ0) is 30.5. The summed E-state index contributed by atoms with van der Waals surface area (Å²) in [7, 11) is 0. The summed E-state index contributed by atoms with van der Waals surface area (Å²) >= 11 is 0. The van der Waals surface area contributed by atoms with E-state index in [0.717, 1.165) is 32.4 Å². The van der Waals surface area contributed by atoms with E-state index in [9.17, 15) is 17.6 Å². The maximum Gasteiger partial charge on any atom is 0.418 e. The van der Waals surface area contributed by atoms with E-state index in [0.29, 0.717) is 39.0 Å². The van der Waals surface area contributed by atoms with E-state index in [4.69, 9.17) is 15.2 Å². The van der Waals surface area contributed by atoms with Crippen molar-refractivity contribution in [2.24, 2.45) is 0 Å². The molecule has 43 heavy (non-hydrogen) atoms. The number of aromatic nitrogens is 4. The van der Waals surface area contributed by atoms with Crippen LogP contribution in [0, 0.1) is 12.7 Å². The average molecular weight is 609 g/mol. The molecule has 10 nitrogen and oxygen atoms in total. The van der Waals surface area contributed by atoms with Gasteiger partial charge in [-0.1, -0.05) is 0 Å². The van der Waals surface area contributed by atoms with E-state index in [1.807, 2.05) is 0 Å². The third-order valence-electron chi connectivity index (χ3n) is 8.36. The molecule has 3 aromatic heterocycles. The van der Waals surface area contributed by atoms with E-state index in [-0.39, 0.29) is 41.0 Å². The molecule has 3 aliphatic rings. The van der Waals surface area contributed by atoms with Gasteiger partial charge in [-0.15, -0.1) is 0 Å². The summed E-state index contributed by atoms with van der Waals surface area (Å²) in [6, 6.07) is 0.745. The molecule has 3 atom stereocenters. The fraction of sp³-hybridized carbons (Fsp3) is 0.571. The Bertz CT molecular complexity index is 1540. The number of nitrogens with zero attached hydrogens (tertiary/aromatic N) is 5. The monoisotopic (exact) mass is 608 g/mol. The minimum atomic E-state index is -4.88. The number of aryl methyl sites for hydroxylation is 1. The lowest BCUT2D eigenvalue weighted by Crippen LogP contribution is -2.43. The molecular weight excluding hydrogens is 575 g/mol. The van der Waals surface area contributed by atoms with Crippen LogP contribution in [-0.4, -0.2) is 82.0 Å². The molecule has 232 valence electrons. The van der Waals surface area contributed by atoms with Gasteiger partial charge in [0.15, 0.2) is 5.82 Å². The molecule has 4 N–H and O–H groups in total. The quantitative estimate of drug-likeness (QED) is 0.370. The van der Waals surface area contributed by atoms with Crippen LogP contribution in [0.25, 0.3) is 22.2 Å². The van der Waals surface area contributed by atoms with Gasteiger partial charge in [-0.25, -0.2) is 18.7 Å². The molecule has 2 fully saturated rings. The number of pyridine rings is 2. The highest BCUT2D eigenvalue weighted by molar-refractivity contribution is 5.96. The summed E-state index contributed by atoms with van der Waals surface area (Å²) in [5.74, 6) is -1.33. The Labute approximate surface area is 244 Å². The first-order valence-corrected chi connectivity index (χ1v) is 14.3. The number of fused-ring (bicyclic) bond motifs is 1. The van der Waals surface area contributed by atoms with Crippen molar-refractivity contribution in [1.29, 1.82) is 0 Å². The Morgan fingerprint density at radius 2 is 2.00 bits per heavy atom. The third kappa shape index (κ3) is 5.59. The molecule has 0 amide bonds. The van der Waals surface area contributed by atoms with E-state index < -0.39 is 52.3 Å². The molecule has 3 aliphatic heterocycles. The molecular formula is C28H33F5N8O2. The van der Waals surface area contributed by atoms with Crippen molar-refractivity contribution in [1.82, 2.24) is 30.2 Å². The van der Waals surface area contributed by atoms with Gasteiger partial charge in [0.05, 0.1) is 22.9 Å². The minimum absolute atomic E-state index is 0.0694. The number of nitrogens with two attached hydrogens (primary N) is 1. The molecule has 6 rings (SSSR count). The molecule has 0 bridgehead atoms. The van der Waals surface area contributed by atoms with Crippen molar-refractivity contribution in [3.05, 3.63) is 23.1 Å². The van der Waals surface area contributed by atoms with Crippen LogP contribution in [0.15, 0.2) is 6.07 Å². The lowest BCUT2D eigenvalue weighted by molar-refractivity contribution is -0.137. The van der Waals surface area contributed by atoms with Gasteiger partial charge in [0, 0.05) is 31.6 Å². The summed E-state index contributed by atoms with van der Waals surface area (Å²) in [4.78, 5) is 18.9. The first-order valence-electron chi connectivity index (χ1n) is 14.3. The highest BCUT2D eigenvalue weighted by Gasteiger charge is 2.49. The van der Waals surface area contributed by atoms with Crippen LogP contribution in [-0.2, 0) is 6.18 Å². The molecule has 15 heteroatoms. The largest absolute Gasteiger partial charge is 0.474 e. The Morgan fingerprint density at radius 1 is 1.19 bits per heavy atom. The average Bonchev–Trinajstić information content (AvgIpc) is 3.44. The van der Waals surface area contributed by atoms with Crippen LogP contribution in [0.2, 0.25) is 0 Å². The zero-order valence-electron chi connectivity index (χ0n) is 23.8. The predicted octanol–water partition coefficient (Wildman–Crippen LogP) is 4.26. The van der Waals surface area contributed by atoms with Gasteiger partial charge in [0.1, 0.15) is 41.0 Å². The summed E-state index contributed by atoms with van der Waals surface area (Å²) in [6.45, 7) is 5.63. The van der Waals surface area contributed by atoms with Crippen molar-refractivity contribution >= 4 is 22.5 Å². The number of nitrogens with one attached hydrogen (secondary N) is 2. The SMILES string of the molecule is Cc1nc(N)cc(-c2nc3c4c(nc(OC[C@@]56CCCN5C[C@H](F)C6)nc4c2F)NCCNCC[C@H](C)O3)c1C(F)(F)F. The molecule has 0 saturated carbocycles. The van der Waals surface area contributed by atoms with Crippen LogP contribution in [0.5, 0.6) is 11.9 Å². The highest BCUT2D eigenvalue weighted by atomic mass is 19.4. The number of rotatable bonds is 4. The summed E-state index contributed by atoms with van der Waals surface area (Å²) in [5, 5.41) is 6.47. The Kier molecular flexibility index (Phi) is 7.65. The molecule has 2 saturated heterocycles. The normalized spacial score (nSPS) is 24.7. The standard InChI is InChI=1S/C28H33F5N8O2/c1-14-4-6-35-7-8-36-24-19-23(39-26(40-24)42-13-27-5-3-9-41(27)12-16(29)11-27)21(30)22(38-25(19)43-14)17-10-18(34)37-15(2)20(17)28(31,32)33/h10,14,16,35H,3-9,11-13H2,1-2H3,(H2,34,37)(H,36,39,40)/t14-,16+,27-/m0/s1. The Morgan fingerprint density at radius 3 is 2.79 bits per heavy atom. The van der Waals surface area contributed by atoms with E-state index >= 15 is 4.39 Å². The topological polar surface area (TPSA) is 123 Å². The first-order chi connectivity index (χ1) is 20.4. The van der Waals surface area contributed by atoms with Crippen molar-refractivity contribution in [2.75, 3.05) is 50.4 Å². The maximum absolute atomic E-state index is 16.5. The van der Waals surface area contributed by atoms with Crippen LogP contribution < -0.4 is 25.8 Å². The van der Waals surface area contributed by atoms with Crippen molar-refractivity contribution < 1.29 is 31.4 Å². The van der Waals surface area contributed by atoms with Crippen LogP contribution in [0.3, 0.4) is 0 Å². The lowest BCUT2D eigenvalue weighted by atomic mass is 9.95. The van der Waals surface area contributed by atoms with Crippen LogP contribution in [0.4, 0.5) is 33.6 Å². The van der Waals surface area contributed by atoms with Gasteiger partial charge in [0.2, 0.25) is 5.88 Å². The number of ether oxygens (including phenoxy) is 2. The molecule has 0 aliphatic carbocycles. The Balaban J connectivity index is 1.53. The van der Waals surface area contributed by atoms with Gasteiger partial charge in [-0.2, -0.15) is 23.1 Å². The van der Waals surface area contributed by atoms with Crippen molar-refractivity contribution in [2.45, 2.75) is 63.5 Å². The minimum Gasteiger partial charge on any atom is -0.474 e. The van der Waals surface area contributed by atoms with E-state index in [1.54, 1.807) is 6.92 Å². The summed E-state index contributed by atoms with van der Waals surface area (Å²) in [5.41, 5.74) is 2.16. The van der Waals surface area contributed by atoms with Gasteiger partial charge in [-0.05, 0) is 52.3 Å². The lowest BCUT2D eigenvalue weighted by Gasteiger charge is -2.30. The van der Waals surface area contributed by atoms with E-state index in [1.165, 1.54) is 0 Å². The fourth-order valence-corrected chi connectivity index (χ4v) is 6.41. The number of hydrogen-bond donors (Lipinski definition) is 3. The second kappa shape index (κ2) is 11.2. The molecule has 0 radical (unpaired) electrons. The molecule has 0 spiro atoms. The number of anilines is 2. The van der Waals surface area contributed by atoms with Crippen molar-refractivity contribution in [3.8, 4) is 23.1 Å². The summed E-state index contributed by atoms with van der Waals surface area (Å²) in [6.07, 6.45) is -3.80. The molecule has 6 heterocycles. The van der Waals surface area contributed by atoms with Crippen molar-refractivity contribution in [3.63, 3.8) is 0 Å². The number of hydrogen-bond acceptors (Lipinski definition) is 10. The molecule has 0 aromatic carbocycles. The second-order valence-corrected chi connectivity index (χ2v) is 11.5. The predicted molar refractivity (Wildman–Crippen MR) is 149 cm³/mol. The van der Waals surface area contributed by atoms with Gasteiger partial charge < -0.3 is 25.8 Å². The van der Waals surface area contributed by atoms with Crippen LogP contribution in [0.1, 0.15) is 43.9 Å².